The topological polar surface area (TPSA) is 63.1 Å². The standard InChI is InChI=1S/C17H16Cl2N2O3/c1-23-15-4-3-9(5-16(15)24-2)13-8-14(21-20-13)11-6-10(18)7-12(19)17(11)22/h3-7,13,20,22H,8H2,1-2H3/t13-/m0/s1. The number of aromatic hydroxyl groups is 1. The molecule has 0 fully saturated rings. The van der Waals surface area contributed by atoms with Crippen LogP contribution < -0.4 is 14.9 Å². The molecule has 5 nitrogen and oxygen atoms in total. The van der Waals surface area contributed by atoms with Gasteiger partial charge in [0.05, 0.1) is 31.0 Å². The first-order valence-electron chi connectivity index (χ1n) is 7.26. The number of rotatable bonds is 4. The lowest BCUT2D eigenvalue weighted by molar-refractivity contribution is 0.354. The number of ether oxygens (including phenoxy) is 2. The summed E-state index contributed by atoms with van der Waals surface area (Å²) in [7, 11) is 3.19. The van der Waals surface area contributed by atoms with Crippen molar-refractivity contribution in [3.63, 3.8) is 0 Å². The van der Waals surface area contributed by atoms with Gasteiger partial charge >= 0.3 is 0 Å². The summed E-state index contributed by atoms with van der Waals surface area (Å²) in [6, 6.07) is 8.80. The Bertz CT molecular complexity index is 809. The molecule has 3 rings (SSSR count). The van der Waals surface area contributed by atoms with E-state index in [1.165, 1.54) is 6.07 Å². The molecule has 2 aromatic carbocycles. The van der Waals surface area contributed by atoms with Crippen molar-refractivity contribution in [2.45, 2.75) is 12.5 Å². The van der Waals surface area contributed by atoms with Crippen LogP contribution in [0.25, 0.3) is 0 Å². The Balaban J connectivity index is 1.85. The summed E-state index contributed by atoms with van der Waals surface area (Å²) in [5.74, 6) is 1.30. The van der Waals surface area contributed by atoms with E-state index in [1.54, 1.807) is 20.3 Å². The molecular formula is C17H16Cl2N2O3. The fraction of sp³-hybridized carbons (Fsp3) is 0.235. The van der Waals surface area contributed by atoms with Crippen LogP contribution in [-0.2, 0) is 0 Å². The van der Waals surface area contributed by atoms with Gasteiger partial charge in [-0.25, -0.2) is 0 Å². The van der Waals surface area contributed by atoms with E-state index in [2.05, 4.69) is 10.5 Å². The number of nitrogens with one attached hydrogen (secondary N) is 1. The Labute approximate surface area is 149 Å². The predicted molar refractivity (Wildman–Crippen MR) is 94.7 cm³/mol. The molecule has 0 aromatic heterocycles. The largest absolute Gasteiger partial charge is 0.506 e. The molecule has 0 amide bonds. The number of hydrogen-bond acceptors (Lipinski definition) is 5. The minimum atomic E-state index is -0.0445. The van der Waals surface area contributed by atoms with Gasteiger partial charge in [-0.15, -0.1) is 0 Å². The smallest absolute Gasteiger partial charge is 0.161 e. The van der Waals surface area contributed by atoms with Crippen molar-refractivity contribution < 1.29 is 14.6 Å². The number of halogens is 2. The maximum absolute atomic E-state index is 10.2. The molecule has 1 aliphatic rings. The van der Waals surface area contributed by atoms with Crippen LogP contribution in [0.1, 0.15) is 23.6 Å². The third-order valence-corrected chi connectivity index (χ3v) is 4.41. The molecule has 0 radical (unpaired) electrons. The van der Waals surface area contributed by atoms with Crippen LogP contribution in [0, 0.1) is 0 Å². The second-order valence-electron chi connectivity index (χ2n) is 5.34. The number of hydrogen-bond donors (Lipinski definition) is 2. The van der Waals surface area contributed by atoms with Crippen LogP contribution in [-0.4, -0.2) is 25.0 Å². The highest BCUT2D eigenvalue weighted by Crippen LogP contribution is 2.36. The van der Waals surface area contributed by atoms with E-state index in [-0.39, 0.29) is 16.8 Å². The molecule has 0 saturated heterocycles. The molecule has 0 bridgehead atoms. The summed E-state index contributed by atoms with van der Waals surface area (Å²) in [5, 5.41) is 15.1. The Kier molecular flexibility index (Phi) is 4.73. The predicted octanol–water partition coefficient (Wildman–Crippen LogP) is 4.15. The fourth-order valence-corrected chi connectivity index (χ4v) is 3.15. The van der Waals surface area contributed by atoms with E-state index in [9.17, 15) is 5.11 Å². The second kappa shape index (κ2) is 6.79. The molecule has 0 aliphatic carbocycles. The fourth-order valence-electron chi connectivity index (χ4n) is 2.66. The lowest BCUT2D eigenvalue weighted by Crippen LogP contribution is -2.10. The Morgan fingerprint density at radius 2 is 1.88 bits per heavy atom. The van der Waals surface area contributed by atoms with Crippen molar-refractivity contribution in [1.29, 1.82) is 0 Å². The quantitative estimate of drug-likeness (QED) is 0.852. The van der Waals surface area contributed by atoms with Crippen molar-refractivity contribution in [3.05, 3.63) is 51.5 Å². The highest BCUT2D eigenvalue weighted by Gasteiger charge is 2.25. The SMILES string of the molecule is COc1ccc([C@@H]2CC(c3cc(Cl)cc(Cl)c3O)=NN2)cc1OC. The summed E-state index contributed by atoms with van der Waals surface area (Å²) in [6.07, 6.45) is 0.583. The van der Waals surface area contributed by atoms with Gasteiger partial charge in [0.2, 0.25) is 0 Å². The first-order valence-corrected chi connectivity index (χ1v) is 8.01. The molecule has 0 unspecified atom stereocenters. The van der Waals surface area contributed by atoms with E-state index >= 15 is 0 Å². The monoisotopic (exact) mass is 366 g/mol. The van der Waals surface area contributed by atoms with E-state index in [1.807, 2.05) is 18.2 Å². The van der Waals surface area contributed by atoms with Crippen molar-refractivity contribution in [3.8, 4) is 17.2 Å². The van der Waals surface area contributed by atoms with Crippen LogP contribution in [0.4, 0.5) is 0 Å². The Morgan fingerprint density at radius 1 is 1.12 bits per heavy atom. The maximum Gasteiger partial charge on any atom is 0.161 e. The van der Waals surface area contributed by atoms with Gasteiger partial charge in [-0.3, -0.25) is 0 Å². The van der Waals surface area contributed by atoms with Gasteiger partial charge < -0.3 is 20.0 Å². The zero-order valence-corrected chi connectivity index (χ0v) is 14.6. The van der Waals surface area contributed by atoms with Gasteiger partial charge in [-0.1, -0.05) is 29.3 Å². The van der Waals surface area contributed by atoms with E-state index in [0.29, 0.717) is 34.2 Å². The van der Waals surface area contributed by atoms with Crippen LogP contribution in [0.3, 0.4) is 0 Å². The molecule has 0 saturated carbocycles. The number of phenols is 1. The minimum Gasteiger partial charge on any atom is -0.506 e. The van der Waals surface area contributed by atoms with E-state index in [0.717, 1.165) is 5.56 Å². The Hall–Kier alpha value is -2.11. The number of hydrazone groups is 1. The third kappa shape index (κ3) is 3.09. The summed E-state index contributed by atoms with van der Waals surface area (Å²) < 4.78 is 10.6. The normalized spacial score (nSPS) is 16.5. The first-order chi connectivity index (χ1) is 11.5. The zero-order valence-electron chi connectivity index (χ0n) is 13.1. The molecule has 1 atom stereocenters. The summed E-state index contributed by atoms with van der Waals surface area (Å²) in [5.41, 5.74) is 5.29. The summed E-state index contributed by atoms with van der Waals surface area (Å²) in [6.45, 7) is 0. The van der Waals surface area contributed by atoms with Gasteiger partial charge in [-0.05, 0) is 29.8 Å². The van der Waals surface area contributed by atoms with Crippen molar-refractivity contribution >= 4 is 28.9 Å². The maximum atomic E-state index is 10.2. The number of phenolic OH excluding ortho intramolecular Hbond substituents is 1. The van der Waals surface area contributed by atoms with Gasteiger partial charge in [-0.2, -0.15) is 5.10 Å². The minimum absolute atomic E-state index is 0.0189. The van der Waals surface area contributed by atoms with E-state index < -0.39 is 0 Å². The van der Waals surface area contributed by atoms with Crippen LogP contribution in [0.2, 0.25) is 10.0 Å². The van der Waals surface area contributed by atoms with Gasteiger partial charge in [0.1, 0.15) is 5.75 Å². The highest BCUT2D eigenvalue weighted by atomic mass is 35.5. The number of benzene rings is 2. The van der Waals surface area contributed by atoms with Gasteiger partial charge in [0, 0.05) is 17.0 Å². The second-order valence-corrected chi connectivity index (χ2v) is 6.19. The average Bonchev–Trinajstić information content (AvgIpc) is 3.07. The van der Waals surface area contributed by atoms with Gasteiger partial charge in [0.15, 0.2) is 11.5 Å². The molecule has 7 heteroatoms. The first kappa shape index (κ1) is 16.7. The lowest BCUT2D eigenvalue weighted by atomic mass is 9.98. The van der Waals surface area contributed by atoms with Crippen LogP contribution >= 0.6 is 23.2 Å². The van der Waals surface area contributed by atoms with Gasteiger partial charge in [0.25, 0.3) is 0 Å². The average molecular weight is 367 g/mol. The van der Waals surface area contributed by atoms with Crippen molar-refractivity contribution in [2.24, 2.45) is 5.10 Å². The number of nitrogens with zero attached hydrogens (tertiary/aromatic N) is 1. The Morgan fingerprint density at radius 3 is 2.58 bits per heavy atom. The van der Waals surface area contributed by atoms with E-state index in [4.69, 9.17) is 32.7 Å². The number of methoxy groups -OCH3 is 2. The molecule has 1 heterocycles. The molecule has 0 spiro atoms. The highest BCUT2D eigenvalue weighted by molar-refractivity contribution is 6.36. The van der Waals surface area contributed by atoms with Crippen molar-refractivity contribution in [1.82, 2.24) is 5.43 Å². The third-order valence-electron chi connectivity index (χ3n) is 3.90. The molecule has 1 aliphatic heterocycles. The van der Waals surface area contributed by atoms with Crippen LogP contribution in [0.5, 0.6) is 17.2 Å². The molecule has 126 valence electrons. The molecule has 24 heavy (non-hydrogen) atoms. The summed E-state index contributed by atoms with van der Waals surface area (Å²) >= 11 is 12.0. The lowest BCUT2D eigenvalue weighted by Gasteiger charge is -2.14. The zero-order chi connectivity index (χ0) is 17.3. The molecular weight excluding hydrogens is 351 g/mol. The summed E-state index contributed by atoms with van der Waals surface area (Å²) in [4.78, 5) is 0. The molecule has 2 aromatic rings. The van der Waals surface area contributed by atoms with Crippen molar-refractivity contribution in [2.75, 3.05) is 14.2 Å². The van der Waals surface area contributed by atoms with Crippen LogP contribution in [0.15, 0.2) is 35.4 Å². The molecule has 2 N–H and O–H groups in total.